The average molecular weight is 586 g/mol. The van der Waals surface area contributed by atoms with Gasteiger partial charge in [0, 0.05) is 43.3 Å². The number of imidazole rings is 1. The zero-order valence-electron chi connectivity index (χ0n) is 23.2. The molecule has 220 valence electrons. The standard InChI is InChI=1S/C30H37F2N5O3S/c1-2-14-41(39,40)35-26-10-6-7-11-27(26)37-20-34-28(29(37)22-8-4-3-5-9-22)30(38)36-13-12-33-19-25(36)17-21-15-23(31)18-24(32)16-21/h3-5,8-9,15-16,18,20,25-27,33,35H,2,6-7,10-14,17,19H2,1H3/t25?,26?,27-/m0/s1. The zero-order chi connectivity index (χ0) is 29.0. The van der Waals surface area contributed by atoms with Crippen molar-refractivity contribution in [2.75, 3.05) is 25.4 Å². The van der Waals surface area contributed by atoms with Crippen molar-refractivity contribution in [3.8, 4) is 11.3 Å². The lowest BCUT2D eigenvalue weighted by Crippen LogP contribution is -2.54. The third kappa shape index (κ3) is 6.85. The van der Waals surface area contributed by atoms with E-state index < -0.39 is 21.7 Å². The van der Waals surface area contributed by atoms with Crippen molar-refractivity contribution in [1.29, 1.82) is 0 Å². The first-order chi connectivity index (χ1) is 19.8. The normalized spacial score (nSPS) is 21.6. The van der Waals surface area contributed by atoms with Crippen LogP contribution in [-0.4, -0.2) is 66.2 Å². The van der Waals surface area contributed by atoms with Gasteiger partial charge in [0.15, 0.2) is 5.69 Å². The fourth-order valence-corrected chi connectivity index (χ4v) is 7.53. The fraction of sp³-hybridized carbons (Fsp3) is 0.467. The second kappa shape index (κ2) is 12.8. The van der Waals surface area contributed by atoms with E-state index in [0.717, 1.165) is 30.9 Å². The molecule has 3 atom stereocenters. The van der Waals surface area contributed by atoms with Gasteiger partial charge in [-0.2, -0.15) is 0 Å². The maximum Gasteiger partial charge on any atom is 0.275 e. The predicted molar refractivity (Wildman–Crippen MR) is 154 cm³/mol. The fourth-order valence-electron chi connectivity index (χ4n) is 6.14. The molecule has 2 N–H and O–H groups in total. The third-order valence-electron chi connectivity index (χ3n) is 7.94. The third-order valence-corrected chi connectivity index (χ3v) is 9.55. The Kier molecular flexibility index (Phi) is 9.16. The molecule has 3 aromatic rings. The molecule has 8 nitrogen and oxygen atoms in total. The maximum absolute atomic E-state index is 14.2. The van der Waals surface area contributed by atoms with Crippen molar-refractivity contribution in [3.05, 3.63) is 77.8 Å². The minimum absolute atomic E-state index is 0.0645. The Balaban J connectivity index is 1.50. The van der Waals surface area contributed by atoms with Gasteiger partial charge in [-0.15, -0.1) is 0 Å². The van der Waals surface area contributed by atoms with Gasteiger partial charge in [-0.05, 0) is 43.4 Å². The molecule has 0 spiro atoms. The Morgan fingerprint density at radius 1 is 1.10 bits per heavy atom. The van der Waals surface area contributed by atoms with E-state index in [9.17, 15) is 22.0 Å². The molecule has 1 aromatic heterocycles. The number of benzene rings is 2. The molecule has 2 heterocycles. The first kappa shape index (κ1) is 29.3. The molecule has 2 unspecified atom stereocenters. The molecule has 11 heteroatoms. The lowest BCUT2D eigenvalue weighted by atomic mass is 9.90. The number of sulfonamides is 1. The molecule has 1 aliphatic heterocycles. The number of aromatic nitrogens is 2. The average Bonchev–Trinajstić information content (AvgIpc) is 3.38. The smallest absolute Gasteiger partial charge is 0.275 e. The molecule has 2 aliphatic rings. The molecule has 5 rings (SSSR count). The van der Waals surface area contributed by atoms with Crippen molar-refractivity contribution in [1.82, 2.24) is 24.5 Å². The number of piperazine rings is 1. The molecule has 2 fully saturated rings. The highest BCUT2D eigenvalue weighted by atomic mass is 32.2. The van der Waals surface area contributed by atoms with Crippen molar-refractivity contribution in [2.45, 2.75) is 63.6 Å². The van der Waals surface area contributed by atoms with E-state index in [0.29, 0.717) is 50.2 Å². The van der Waals surface area contributed by atoms with E-state index in [1.807, 2.05) is 41.8 Å². The van der Waals surface area contributed by atoms with E-state index >= 15 is 0 Å². The van der Waals surface area contributed by atoms with Gasteiger partial charge in [-0.25, -0.2) is 26.9 Å². The van der Waals surface area contributed by atoms with Crippen LogP contribution in [0.15, 0.2) is 54.9 Å². The summed E-state index contributed by atoms with van der Waals surface area (Å²) in [4.78, 5) is 20.6. The van der Waals surface area contributed by atoms with Crippen LogP contribution in [0.5, 0.6) is 0 Å². The van der Waals surface area contributed by atoms with Gasteiger partial charge < -0.3 is 14.8 Å². The predicted octanol–water partition coefficient (Wildman–Crippen LogP) is 4.30. The number of carbonyl (C=O) groups is 1. The number of amides is 1. The summed E-state index contributed by atoms with van der Waals surface area (Å²) in [5.74, 6) is -1.49. The number of halogens is 2. The van der Waals surface area contributed by atoms with Crippen LogP contribution in [-0.2, 0) is 16.4 Å². The summed E-state index contributed by atoms with van der Waals surface area (Å²) in [6, 6.07) is 12.1. The lowest BCUT2D eigenvalue weighted by Gasteiger charge is -2.36. The monoisotopic (exact) mass is 585 g/mol. The number of rotatable bonds is 9. The van der Waals surface area contributed by atoms with E-state index in [4.69, 9.17) is 0 Å². The highest BCUT2D eigenvalue weighted by molar-refractivity contribution is 7.89. The van der Waals surface area contributed by atoms with Crippen molar-refractivity contribution >= 4 is 15.9 Å². The molecule has 1 saturated heterocycles. The highest BCUT2D eigenvalue weighted by Crippen LogP contribution is 2.35. The number of nitrogens with one attached hydrogen (secondary N) is 2. The van der Waals surface area contributed by atoms with Gasteiger partial charge in [-0.3, -0.25) is 4.79 Å². The Morgan fingerprint density at radius 3 is 2.56 bits per heavy atom. The van der Waals surface area contributed by atoms with Crippen LogP contribution in [0.2, 0.25) is 0 Å². The van der Waals surface area contributed by atoms with Gasteiger partial charge in [0.1, 0.15) is 11.6 Å². The van der Waals surface area contributed by atoms with Crippen LogP contribution < -0.4 is 10.0 Å². The molecule has 1 saturated carbocycles. The van der Waals surface area contributed by atoms with Crippen LogP contribution in [0.4, 0.5) is 8.78 Å². The van der Waals surface area contributed by atoms with Crippen molar-refractivity contribution in [2.24, 2.45) is 0 Å². The molecule has 1 amide bonds. The Hall–Kier alpha value is -3.15. The summed E-state index contributed by atoms with van der Waals surface area (Å²) in [5, 5.41) is 3.29. The molecule has 41 heavy (non-hydrogen) atoms. The largest absolute Gasteiger partial charge is 0.331 e. The second-order valence-corrected chi connectivity index (χ2v) is 12.8. The van der Waals surface area contributed by atoms with Crippen molar-refractivity contribution in [3.63, 3.8) is 0 Å². The van der Waals surface area contributed by atoms with Crippen LogP contribution in [0.1, 0.15) is 61.1 Å². The van der Waals surface area contributed by atoms with Gasteiger partial charge in [0.2, 0.25) is 10.0 Å². The zero-order valence-corrected chi connectivity index (χ0v) is 24.0. The molecular weight excluding hydrogens is 548 g/mol. The van der Waals surface area contributed by atoms with Gasteiger partial charge in [-0.1, -0.05) is 50.1 Å². The van der Waals surface area contributed by atoms with Gasteiger partial charge >= 0.3 is 0 Å². The minimum atomic E-state index is -3.44. The minimum Gasteiger partial charge on any atom is -0.331 e. The van der Waals surface area contributed by atoms with Crippen molar-refractivity contribution < 1.29 is 22.0 Å². The topological polar surface area (TPSA) is 96.3 Å². The van der Waals surface area contributed by atoms with E-state index in [1.54, 1.807) is 11.2 Å². The van der Waals surface area contributed by atoms with Crippen LogP contribution in [0.25, 0.3) is 11.3 Å². The molecule has 2 aromatic carbocycles. The number of hydrogen-bond donors (Lipinski definition) is 2. The van der Waals surface area contributed by atoms with Gasteiger partial charge in [0.25, 0.3) is 5.91 Å². The quantitative estimate of drug-likeness (QED) is 0.391. The summed E-state index contributed by atoms with van der Waals surface area (Å²) in [5.41, 5.74) is 2.23. The molecular formula is C30H37F2N5O3S. The molecule has 0 bridgehead atoms. The second-order valence-electron chi connectivity index (χ2n) is 10.9. The Bertz CT molecular complexity index is 1440. The molecule has 0 radical (unpaired) electrons. The van der Waals surface area contributed by atoms with Gasteiger partial charge in [0.05, 0.1) is 23.8 Å². The Morgan fingerprint density at radius 2 is 1.83 bits per heavy atom. The summed E-state index contributed by atoms with van der Waals surface area (Å²) in [6.07, 6.45) is 5.79. The summed E-state index contributed by atoms with van der Waals surface area (Å²) < 4.78 is 58.2. The molecule has 1 aliphatic carbocycles. The lowest BCUT2D eigenvalue weighted by molar-refractivity contribution is 0.0631. The Labute approximate surface area is 240 Å². The first-order valence-corrected chi connectivity index (χ1v) is 16.0. The summed E-state index contributed by atoms with van der Waals surface area (Å²) in [7, 11) is -3.44. The summed E-state index contributed by atoms with van der Waals surface area (Å²) >= 11 is 0. The van der Waals surface area contributed by atoms with E-state index in [-0.39, 0.29) is 35.5 Å². The van der Waals surface area contributed by atoms with E-state index in [1.165, 1.54) is 12.1 Å². The van der Waals surface area contributed by atoms with E-state index in [2.05, 4.69) is 15.0 Å². The number of hydrogen-bond acceptors (Lipinski definition) is 5. The first-order valence-electron chi connectivity index (χ1n) is 14.3. The SMILES string of the molecule is CCCS(=O)(=O)NC1CCCC[C@@H]1n1cnc(C(=O)N2CCNCC2Cc2cc(F)cc(F)c2)c1-c1ccccc1. The van der Waals surface area contributed by atoms with Crippen LogP contribution >= 0.6 is 0 Å². The highest BCUT2D eigenvalue weighted by Gasteiger charge is 2.35. The van der Waals surface area contributed by atoms with Crippen LogP contribution in [0, 0.1) is 11.6 Å². The van der Waals surface area contributed by atoms with Crippen LogP contribution in [0.3, 0.4) is 0 Å². The number of nitrogens with zero attached hydrogens (tertiary/aromatic N) is 3. The number of carbonyl (C=O) groups excluding carboxylic acids is 1. The maximum atomic E-state index is 14.2. The summed E-state index contributed by atoms with van der Waals surface area (Å²) in [6.45, 7) is 3.33.